The van der Waals surface area contributed by atoms with Crippen LogP contribution in [0.3, 0.4) is 0 Å². The molecule has 0 heterocycles. The van der Waals surface area contributed by atoms with Crippen molar-refractivity contribution in [2.75, 3.05) is 4.31 Å². The second-order valence-corrected chi connectivity index (χ2v) is 8.61. The molecule has 0 bridgehead atoms. The molecule has 0 N–H and O–H groups in total. The molecule has 0 radical (unpaired) electrons. The molecular formula is C21H24FNO2S. The van der Waals surface area contributed by atoms with E-state index >= 15 is 0 Å². The molecule has 1 aliphatic carbocycles. The van der Waals surface area contributed by atoms with E-state index in [4.69, 9.17) is 0 Å². The Morgan fingerprint density at radius 2 is 1.81 bits per heavy atom. The van der Waals surface area contributed by atoms with E-state index in [-0.39, 0.29) is 17.4 Å². The van der Waals surface area contributed by atoms with Crippen molar-refractivity contribution < 1.29 is 13.4 Å². The van der Waals surface area contributed by atoms with E-state index in [1.54, 1.807) is 6.07 Å². The maximum absolute atomic E-state index is 13.7. The third-order valence-electron chi connectivity index (χ3n) is 5.40. The van der Waals surface area contributed by atoms with E-state index in [1.165, 1.54) is 19.1 Å². The maximum atomic E-state index is 13.7. The van der Waals surface area contributed by atoms with Crippen LogP contribution in [0.15, 0.2) is 47.4 Å². The van der Waals surface area contributed by atoms with Crippen molar-refractivity contribution in [2.45, 2.75) is 45.1 Å². The minimum Gasteiger partial charge on any atom is -0.294 e. The summed E-state index contributed by atoms with van der Waals surface area (Å²) in [6, 6.07) is 11.7. The molecule has 0 aromatic heterocycles. The van der Waals surface area contributed by atoms with Crippen LogP contribution in [0.4, 0.5) is 10.1 Å². The fraction of sp³-hybridized carbons (Fsp3) is 0.381. The second-order valence-electron chi connectivity index (χ2n) is 7.25. The summed E-state index contributed by atoms with van der Waals surface area (Å²) in [4.78, 5) is 12.8. The van der Waals surface area contributed by atoms with Crippen molar-refractivity contribution in [3.8, 4) is 0 Å². The Kier molecular flexibility index (Phi) is 5.28. The van der Waals surface area contributed by atoms with Crippen molar-refractivity contribution in [3.63, 3.8) is 0 Å². The van der Waals surface area contributed by atoms with Crippen molar-refractivity contribution in [1.82, 2.24) is 0 Å². The predicted molar refractivity (Wildman–Crippen MR) is 103 cm³/mol. The molecule has 0 spiro atoms. The Bertz CT molecular complexity index is 850. The minimum absolute atomic E-state index is 0.0516. The SMILES string of the molecule is CC(=O)c1cc(F)ccc1N(C1CC(C)C1C)S(=O)c1ccc(C)cc1. The number of anilines is 1. The van der Waals surface area contributed by atoms with Gasteiger partial charge in [-0.15, -0.1) is 0 Å². The number of carbonyl (C=O) groups is 1. The van der Waals surface area contributed by atoms with Crippen LogP contribution in [0.2, 0.25) is 0 Å². The molecule has 1 saturated carbocycles. The highest BCUT2D eigenvalue weighted by Gasteiger charge is 2.42. The molecule has 3 nitrogen and oxygen atoms in total. The first kappa shape index (κ1) is 18.8. The first-order valence-electron chi connectivity index (χ1n) is 8.88. The van der Waals surface area contributed by atoms with Crippen molar-refractivity contribution >= 4 is 22.5 Å². The van der Waals surface area contributed by atoms with Gasteiger partial charge in [-0.05, 0) is 62.4 Å². The van der Waals surface area contributed by atoms with Crippen molar-refractivity contribution in [1.29, 1.82) is 0 Å². The lowest BCUT2D eigenvalue weighted by Gasteiger charge is -2.47. The highest BCUT2D eigenvalue weighted by Crippen LogP contribution is 2.42. The molecule has 4 unspecified atom stereocenters. The van der Waals surface area contributed by atoms with Gasteiger partial charge in [-0.3, -0.25) is 9.10 Å². The Morgan fingerprint density at radius 3 is 2.35 bits per heavy atom. The molecular weight excluding hydrogens is 349 g/mol. The summed E-state index contributed by atoms with van der Waals surface area (Å²) in [7, 11) is -1.47. The molecule has 5 heteroatoms. The number of halogens is 1. The third kappa shape index (κ3) is 3.45. The summed E-state index contributed by atoms with van der Waals surface area (Å²) < 4.78 is 29.0. The fourth-order valence-electron chi connectivity index (χ4n) is 3.44. The fourth-order valence-corrected chi connectivity index (χ4v) is 4.90. The molecule has 2 aromatic carbocycles. The van der Waals surface area contributed by atoms with Gasteiger partial charge in [-0.1, -0.05) is 31.5 Å². The van der Waals surface area contributed by atoms with Crippen LogP contribution in [-0.2, 0) is 11.0 Å². The summed E-state index contributed by atoms with van der Waals surface area (Å²) in [5.41, 5.74) is 1.91. The van der Waals surface area contributed by atoms with Crippen molar-refractivity contribution in [2.24, 2.45) is 11.8 Å². The summed E-state index contributed by atoms with van der Waals surface area (Å²) in [5, 5.41) is 0. The van der Waals surface area contributed by atoms with Gasteiger partial charge in [0.25, 0.3) is 0 Å². The van der Waals surface area contributed by atoms with Gasteiger partial charge in [0.1, 0.15) is 5.82 Å². The van der Waals surface area contributed by atoms with Crippen LogP contribution in [-0.4, -0.2) is 16.0 Å². The van der Waals surface area contributed by atoms with E-state index in [2.05, 4.69) is 13.8 Å². The van der Waals surface area contributed by atoms with E-state index < -0.39 is 16.8 Å². The minimum atomic E-state index is -1.47. The number of hydrogen-bond acceptors (Lipinski definition) is 2. The van der Waals surface area contributed by atoms with Gasteiger partial charge in [-0.2, -0.15) is 0 Å². The van der Waals surface area contributed by atoms with Crippen LogP contribution in [0.25, 0.3) is 0 Å². The molecule has 0 amide bonds. The Morgan fingerprint density at radius 1 is 1.15 bits per heavy atom. The first-order valence-corrected chi connectivity index (χ1v) is 9.98. The number of nitrogens with zero attached hydrogens (tertiary/aromatic N) is 1. The molecule has 26 heavy (non-hydrogen) atoms. The highest BCUT2D eigenvalue weighted by molar-refractivity contribution is 7.86. The summed E-state index contributed by atoms with van der Waals surface area (Å²) in [6.07, 6.45) is 0.896. The third-order valence-corrected chi connectivity index (χ3v) is 6.90. The van der Waals surface area contributed by atoms with Crippen LogP contribution >= 0.6 is 0 Å². The van der Waals surface area contributed by atoms with E-state index in [9.17, 15) is 13.4 Å². The Hall–Kier alpha value is -2.01. The van der Waals surface area contributed by atoms with Crippen LogP contribution in [0.5, 0.6) is 0 Å². The van der Waals surface area contributed by atoms with Gasteiger partial charge in [-0.25, -0.2) is 8.60 Å². The lowest BCUT2D eigenvalue weighted by molar-refractivity contribution is 0.101. The Balaban J connectivity index is 2.09. The van der Waals surface area contributed by atoms with Gasteiger partial charge in [0.15, 0.2) is 16.8 Å². The van der Waals surface area contributed by atoms with E-state index in [0.29, 0.717) is 22.4 Å². The lowest BCUT2D eigenvalue weighted by Crippen LogP contribution is -2.51. The monoisotopic (exact) mass is 373 g/mol. The quantitative estimate of drug-likeness (QED) is 0.698. The van der Waals surface area contributed by atoms with Gasteiger partial charge in [0, 0.05) is 11.6 Å². The Labute approximate surface area is 156 Å². The predicted octanol–water partition coefficient (Wildman–Crippen LogP) is 4.91. The van der Waals surface area contributed by atoms with Crippen LogP contribution < -0.4 is 4.31 Å². The average molecular weight is 373 g/mol. The van der Waals surface area contributed by atoms with Gasteiger partial charge < -0.3 is 0 Å². The molecule has 2 aromatic rings. The standard InChI is InChI=1S/C21H24FNO2S/c1-13-5-8-18(9-6-13)26(25)23(21-11-14(2)15(21)3)20-10-7-17(22)12-19(20)16(4)24/h5-10,12,14-15,21H,11H2,1-4H3. The molecule has 1 fully saturated rings. The number of rotatable bonds is 5. The summed E-state index contributed by atoms with van der Waals surface area (Å²) >= 11 is 0. The molecule has 0 saturated heterocycles. The first-order chi connectivity index (χ1) is 12.3. The number of benzene rings is 2. The topological polar surface area (TPSA) is 37.4 Å². The number of aryl methyl sites for hydroxylation is 1. The second kappa shape index (κ2) is 7.31. The molecule has 4 atom stereocenters. The normalized spacial score (nSPS) is 23.2. The van der Waals surface area contributed by atoms with E-state index in [0.717, 1.165) is 12.0 Å². The highest BCUT2D eigenvalue weighted by atomic mass is 32.2. The number of ketones is 1. The van der Waals surface area contributed by atoms with Crippen LogP contribution in [0, 0.1) is 24.6 Å². The lowest BCUT2D eigenvalue weighted by atomic mass is 9.71. The number of Topliss-reactive ketones (excluding diaryl/α,β-unsaturated/α-hetero) is 1. The van der Waals surface area contributed by atoms with Gasteiger partial charge in [0.2, 0.25) is 0 Å². The summed E-state index contributed by atoms with van der Waals surface area (Å²) in [6.45, 7) is 7.70. The van der Waals surface area contributed by atoms with Crippen molar-refractivity contribution in [3.05, 3.63) is 59.4 Å². The summed E-state index contributed by atoms with van der Waals surface area (Å²) in [5.74, 6) is 0.175. The average Bonchev–Trinajstić information content (AvgIpc) is 2.62. The zero-order valence-corrected chi connectivity index (χ0v) is 16.3. The molecule has 3 rings (SSSR count). The van der Waals surface area contributed by atoms with Gasteiger partial charge in [0.05, 0.1) is 10.6 Å². The molecule has 1 aliphatic rings. The molecule has 138 valence electrons. The van der Waals surface area contributed by atoms with Gasteiger partial charge >= 0.3 is 0 Å². The number of carbonyl (C=O) groups excluding carboxylic acids is 1. The van der Waals surface area contributed by atoms with E-state index in [1.807, 2.05) is 35.5 Å². The molecule has 0 aliphatic heterocycles. The smallest absolute Gasteiger partial charge is 0.162 e. The largest absolute Gasteiger partial charge is 0.294 e. The number of hydrogen-bond donors (Lipinski definition) is 0. The maximum Gasteiger partial charge on any atom is 0.162 e. The zero-order chi connectivity index (χ0) is 19.0. The van der Waals surface area contributed by atoms with Crippen LogP contribution in [0.1, 0.15) is 43.1 Å². The zero-order valence-electron chi connectivity index (χ0n) is 15.5.